The monoisotopic (exact) mass is 319 g/mol. The minimum Gasteiger partial charge on any atom is -0.481 e. The highest BCUT2D eigenvalue weighted by Crippen LogP contribution is 2.32. The first kappa shape index (κ1) is 14.2. The van der Waals surface area contributed by atoms with Crippen LogP contribution in [0.3, 0.4) is 0 Å². The van der Waals surface area contributed by atoms with Gasteiger partial charge in [-0.05, 0) is 24.3 Å². The van der Waals surface area contributed by atoms with Crippen molar-refractivity contribution < 1.29 is 14.3 Å². The van der Waals surface area contributed by atoms with E-state index in [1.807, 2.05) is 24.3 Å². The lowest BCUT2D eigenvalue weighted by Gasteiger charge is -2.20. The Morgan fingerprint density at radius 2 is 1.96 bits per heavy atom. The molecule has 24 heavy (non-hydrogen) atoms. The van der Waals surface area contributed by atoms with E-state index in [-0.39, 0.29) is 18.4 Å². The van der Waals surface area contributed by atoms with Gasteiger partial charge >= 0.3 is 0 Å². The molecule has 2 heterocycles. The van der Waals surface area contributed by atoms with Crippen LogP contribution in [-0.2, 0) is 4.79 Å². The van der Waals surface area contributed by atoms with Gasteiger partial charge in [-0.1, -0.05) is 24.3 Å². The molecule has 6 nitrogen and oxygen atoms in total. The predicted molar refractivity (Wildman–Crippen MR) is 90.3 cm³/mol. The Hall–Kier alpha value is -3.41. The minimum absolute atomic E-state index is 0.104. The predicted octanol–water partition coefficient (Wildman–Crippen LogP) is 2.82. The van der Waals surface area contributed by atoms with E-state index in [4.69, 9.17) is 4.74 Å². The number of ether oxygens (including phenoxy) is 1. The number of amides is 2. The van der Waals surface area contributed by atoms with E-state index < -0.39 is 0 Å². The van der Waals surface area contributed by atoms with Gasteiger partial charge in [0.2, 0.25) is 0 Å². The summed E-state index contributed by atoms with van der Waals surface area (Å²) in [6, 6.07) is 14.4. The van der Waals surface area contributed by atoms with Crippen LogP contribution in [0.25, 0.3) is 10.9 Å². The zero-order valence-electron chi connectivity index (χ0n) is 12.6. The number of benzene rings is 2. The van der Waals surface area contributed by atoms with Gasteiger partial charge in [-0.2, -0.15) is 0 Å². The van der Waals surface area contributed by atoms with E-state index in [0.29, 0.717) is 28.2 Å². The Labute approximate surface area is 137 Å². The summed E-state index contributed by atoms with van der Waals surface area (Å²) >= 11 is 0. The van der Waals surface area contributed by atoms with E-state index in [1.54, 1.807) is 30.5 Å². The maximum atomic E-state index is 12.7. The van der Waals surface area contributed by atoms with Gasteiger partial charge in [0.1, 0.15) is 0 Å². The molecular formula is C18H13N3O3. The fraction of sp³-hybridized carbons (Fsp3) is 0.0556. The first-order valence-electron chi connectivity index (χ1n) is 7.43. The van der Waals surface area contributed by atoms with Crippen LogP contribution in [0.5, 0.6) is 5.75 Å². The molecule has 0 radical (unpaired) electrons. The number of fused-ring (bicyclic) bond motifs is 2. The summed E-state index contributed by atoms with van der Waals surface area (Å²) in [7, 11) is 0. The minimum atomic E-state index is -0.318. The highest BCUT2D eigenvalue weighted by atomic mass is 16.5. The van der Waals surface area contributed by atoms with Gasteiger partial charge in [0.25, 0.3) is 11.8 Å². The van der Waals surface area contributed by atoms with Crippen molar-refractivity contribution in [3.05, 3.63) is 60.3 Å². The first-order valence-corrected chi connectivity index (χ1v) is 7.43. The molecule has 0 fully saturated rings. The molecule has 2 N–H and O–H groups in total. The summed E-state index contributed by atoms with van der Waals surface area (Å²) in [4.78, 5) is 28.4. The molecule has 0 aliphatic carbocycles. The van der Waals surface area contributed by atoms with Crippen molar-refractivity contribution in [2.24, 2.45) is 0 Å². The van der Waals surface area contributed by atoms with Gasteiger partial charge in [-0.15, -0.1) is 0 Å². The number of rotatable bonds is 2. The Balaban J connectivity index is 1.70. The summed E-state index contributed by atoms with van der Waals surface area (Å²) in [5.41, 5.74) is 2.19. The lowest BCUT2D eigenvalue weighted by molar-refractivity contribution is -0.118. The average molecular weight is 319 g/mol. The van der Waals surface area contributed by atoms with Gasteiger partial charge in [0.05, 0.1) is 22.5 Å². The topological polar surface area (TPSA) is 80.3 Å². The van der Waals surface area contributed by atoms with Gasteiger partial charge < -0.3 is 15.4 Å². The largest absolute Gasteiger partial charge is 0.481 e. The number of carbonyl (C=O) groups is 2. The van der Waals surface area contributed by atoms with E-state index >= 15 is 0 Å². The third-order valence-corrected chi connectivity index (χ3v) is 3.76. The van der Waals surface area contributed by atoms with Crippen LogP contribution < -0.4 is 15.4 Å². The van der Waals surface area contributed by atoms with Crippen LogP contribution in [0.1, 0.15) is 10.4 Å². The smallest absolute Gasteiger partial charge is 0.262 e. The van der Waals surface area contributed by atoms with Crippen LogP contribution in [0.4, 0.5) is 11.4 Å². The highest BCUT2D eigenvalue weighted by molar-refractivity contribution is 6.11. The van der Waals surface area contributed by atoms with Crippen LogP contribution in [0, 0.1) is 0 Å². The molecule has 2 amide bonds. The van der Waals surface area contributed by atoms with Gasteiger partial charge in [0, 0.05) is 11.6 Å². The number of carbonyl (C=O) groups excluding carboxylic acids is 2. The number of nitrogens with one attached hydrogen (secondary N) is 2. The van der Waals surface area contributed by atoms with Crippen molar-refractivity contribution in [2.45, 2.75) is 0 Å². The Morgan fingerprint density at radius 3 is 2.88 bits per heavy atom. The fourth-order valence-electron chi connectivity index (χ4n) is 2.69. The zero-order valence-corrected chi connectivity index (χ0v) is 12.6. The number of anilines is 2. The average Bonchev–Trinajstić information content (AvgIpc) is 2.61. The number of pyridine rings is 1. The van der Waals surface area contributed by atoms with E-state index in [1.165, 1.54) is 0 Å². The molecule has 2 aromatic carbocycles. The maximum absolute atomic E-state index is 12.7. The molecule has 0 spiro atoms. The maximum Gasteiger partial charge on any atom is 0.262 e. The summed E-state index contributed by atoms with van der Waals surface area (Å²) in [5, 5.41) is 6.50. The number of aromatic nitrogens is 1. The Bertz CT molecular complexity index is 963. The number of nitrogens with zero attached hydrogens (tertiary/aromatic N) is 1. The standard InChI is InChI=1S/C18H13N3O3/c22-15-10-24-17-12(6-2-8-14(17)20-15)18(23)21-13-7-1-4-11-5-3-9-19-16(11)13/h1-9H,10H2,(H,20,22)(H,21,23). The molecule has 0 bridgehead atoms. The van der Waals surface area contributed by atoms with Gasteiger partial charge in [0.15, 0.2) is 12.4 Å². The third-order valence-electron chi connectivity index (χ3n) is 3.76. The first-order chi connectivity index (χ1) is 11.7. The number of hydrogen-bond acceptors (Lipinski definition) is 4. The molecule has 118 valence electrons. The second-order valence-electron chi connectivity index (χ2n) is 5.35. The molecule has 4 rings (SSSR count). The summed E-state index contributed by atoms with van der Waals surface area (Å²) in [6.07, 6.45) is 1.68. The molecule has 0 atom stereocenters. The van der Waals surface area contributed by atoms with Crippen molar-refractivity contribution in [1.82, 2.24) is 4.98 Å². The van der Waals surface area contributed by atoms with Crippen LogP contribution in [0.2, 0.25) is 0 Å². The number of para-hydroxylation sites is 2. The SMILES string of the molecule is O=C1COc2c(cccc2C(=O)Nc2cccc3cccnc23)N1. The zero-order chi connectivity index (χ0) is 16.5. The van der Waals surface area contributed by atoms with Crippen LogP contribution in [-0.4, -0.2) is 23.4 Å². The second kappa shape index (κ2) is 5.66. The molecule has 0 unspecified atom stereocenters. The molecule has 0 saturated carbocycles. The highest BCUT2D eigenvalue weighted by Gasteiger charge is 2.22. The second-order valence-corrected chi connectivity index (χ2v) is 5.35. The van der Waals surface area contributed by atoms with Crippen molar-refractivity contribution in [3.63, 3.8) is 0 Å². The van der Waals surface area contributed by atoms with Gasteiger partial charge in [-0.3, -0.25) is 14.6 Å². The summed E-state index contributed by atoms with van der Waals surface area (Å²) in [5.74, 6) is -0.178. The fourth-order valence-corrected chi connectivity index (χ4v) is 2.69. The van der Waals surface area contributed by atoms with E-state index in [9.17, 15) is 9.59 Å². The molecular weight excluding hydrogens is 306 g/mol. The summed E-state index contributed by atoms with van der Waals surface area (Å²) < 4.78 is 5.42. The Kier molecular flexibility index (Phi) is 3.35. The normalized spacial score (nSPS) is 12.9. The van der Waals surface area contributed by atoms with Crippen LogP contribution in [0.15, 0.2) is 54.7 Å². The van der Waals surface area contributed by atoms with Crippen molar-refractivity contribution in [1.29, 1.82) is 0 Å². The molecule has 0 saturated heterocycles. The van der Waals surface area contributed by atoms with Gasteiger partial charge in [-0.25, -0.2) is 0 Å². The van der Waals surface area contributed by atoms with Crippen molar-refractivity contribution in [2.75, 3.05) is 17.2 Å². The lowest BCUT2D eigenvalue weighted by Crippen LogP contribution is -2.27. The van der Waals surface area contributed by atoms with Crippen LogP contribution >= 0.6 is 0 Å². The third kappa shape index (κ3) is 2.44. The van der Waals surface area contributed by atoms with Crippen molar-refractivity contribution >= 4 is 34.1 Å². The molecule has 1 aliphatic rings. The van der Waals surface area contributed by atoms with Crippen molar-refractivity contribution in [3.8, 4) is 5.75 Å². The molecule has 1 aliphatic heterocycles. The Morgan fingerprint density at radius 1 is 1.12 bits per heavy atom. The molecule has 1 aromatic heterocycles. The molecule has 6 heteroatoms. The molecule has 3 aromatic rings. The number of hydrogen-bond donors (Lipinski definition) is 2. The van der Waals surface area contributed by atoms with E-state index in [2.05, 4.69) is 15.6 Å². The van der Waals surface area contributed by atoms with E-state index in [0.717, 1.165) is 5.39 Å². The lowest BCUT2D eigenvalue weighted by atomic mass is 10.1. The quantitative estimate of drug-likeness (QED) is 0.761. The summed E-state index contributed by atoms with van der Waals surface area (Å²) in [6.45, 7) is -0.104.